The van der Waals surface area contributed by atoms with Crippen LogP contribution in [0.3, 0.4) is 0 Å². The number of halogens is 1. The highest BCUT2D eigenvalue weighted by molar-refractivity contribution is 6.30. The second-order valence-electron chi connectivity index (χ2n) is 8.05. The summed E-state index contributed by atoms with van der Waals surface area (Å²) in [5.41, 5.74) is 2.45. The van der Waals surface area contributed by atoms with Gasteiger partial charge in [-0.05, 0) is 42.3 Å². The Hall–Kier alpha value is -2.70. The summed E-state index contributed by atoms with van der Waals surface area (Å²) in [7, 11) is 1.63. The van der Waals surface area contributed by atoms with Crippen LogP contribution in [0.15, 0.2) is 48.6 Å². The smallest absolute Gasteiger partial charge is 0.322 e. The molecule has 6 nitrogen and oxygen atoms in total. The number of hydrogen-bond acceptors (Lipinski definition) is 4. The van der Waals surface area contributed by atoms with Crippen molar-refractivity contribution < 1.29 is 19.4 Å². The summed E-state index contributed by atoms with van der Waals surface area (Å²) < 4.78 is 11.9. The molecule has 5 rings (SSSR count). The van der Waals surface area contributed by atoms with Crippen molar-refractivity contribution in [3.05, 3.63) is 64.7 Å². The van der Waals surface area contributed by atoms with Crippen LogP contribution < -0.4 is 14.8 Å². The van der Waals surface area contributed by atoms with Gasteiger partial charge in [0, 0.05) is 35.8 Å². The number of benzene rings is 2. The van der Waals surface area contributed by atoms with Gasteiger partial charge in [0.2, 0.25) is 0 Å². The molecule has 156 valence electrons. The Morgan fingerprint density at radius 1 is 1.30 bits per heavy atom. The van der Waals surface area contributed by atoms with Crippen molar-refractivity contribution in [1.82, 2.24) is 4.90 Å². The Kier molecular flexibility index (Phi) is 4.64. The number of anilines is 1. The van der Waals surface area contributed by atoms with E-state index in [1.54, 1.807) is 31.4 Å². The molecule has 1 aliphatic carbocycles. The van der Waals surface area contributed by atoms with Gasteiger partial charge in [-0.15, -0.1) is 0 Å². The van der Waals surface area contributed by atoms with Crippen molar-refractivity contribution in [3.8, 4) is 11.5 Å². The van der Waals surface area contributed by atoms with Crippen molar-refractivity contribution in [1.29, 1.82) is 0 Å². The molecular weight excluding hydrogens is 404 g/mol. The van der Waals surface area contributed by atoms with Gasteiger partial charge in [-0.1, -0.05) is 29.8 Å². The minimum absolute atomic E-state index is 0.157. The Morgan fingerprint density at radius 2 is 2.10 bits per heavy atom. The monoisotopic (exact) mass is 426 g/mol. The van der Waals surface area contributed by atoms with Gasteiger partial charge in [-0.25, -0.2) is 4.79 Å². The van der Waals surface area contributed by atoms with E-state index in [0.717, 1.165) is 16.9 Å². The van der Waals surface area contributed by atoms with E-state index in [4.69, 9.17) is 21.1 Å². The van der Waals surface area contributed by atoms with Crippen LogP contribution in [0.5, 0.6) is 11.5 Å². The molecule has 2 aromatic carbocycles. The lowest BCUT2D eigenvalue weighted by Gasteiger charge is -2.35. The SMILES string of the molecule is COc1ccc2c3c1O[C@@H]1C[C@H](O)C=CC31CCN(C(=O)Nc1ccc(Cl)cc1)C2. The number of urea groups is 1. The summed E-state index contributed by atoms with van der Waals surface area (Å²) in [6.07, 6.45) is 4.44. The number of rotatable bonds is 2. The van der Waals surface area contributed by atoms with Crippen molar-refractivity contribution in [2.45, 2.75) is 37.0 Å². The number of carbonyl (C=O) groups excluding carboxylic acids is 1. The number of nitrogens with one attached hydrogen (secondary N) is 1. The fraction of sp³-hybridized carbons (Fsp3) is 0.348. The normalized spacial score (nSPS) is 26.3. The molecule has 2 aliphatic heterocycles. The van der Waals surface area contributed by atoms with E-state index >= 15 is 0 Å². The molecule has 1 spiro atoms. The fourth-order valence-corrected chi connectivity index (χ4v) is 4.97. The van der Waals surface area contributed by atoms with Crippen molar-refractivity contribution in [2.24, 2.45) is 0 Å². The predicted octanol–water partition coefficient (Wildman–Crippen LogP) is 4.11. The van der Waals surface area contributed by atoms with Gasteiger partial charge in [0.25, 0.3) is 0 Å². The van der Waals surface area contributed by atoms with Crippen molar-refractivity contribution in [2.75, 3.05) is 19.0 Å². The molecule has 1 unspecified atom stereocenters. The van der Waals surface area contributed by atoms with Crippen LogP contribution in [0.2, 0.25) is 5.02 Å². The molecule has 3 aliphatic rings. The van der Waals surface area contributed by atoms with Gasteiger partial charge in [-0.2, -0.15) is 0 Å². The standard InChI is InChI=1S/C23H23ClN2O4/c1-29-18-7-2-14-13-26(22(28)25-16-5-3-15(24)4-6-16)11-10-23-9-8-17(27)12-19(23)30-21(18)20(14)23/h2-9,17,19,27H,10-13H2,1H3,(H,25,28)/t17-,19-,23?/m1/s1. The van der Waals surface area contributed by atoms with Crippen molar-refractivity contribution in [3.63, 3.8) is 0 Å². The molecule has 2 N–H and O–H groups in total. The van der Waals surface area contributed by atoms with E-state index in [-0.39, 0.29) is 17.6 Å². The van der Waals surface area contributed by atoms with Crippen LogP contribution in [-0.2, 0) is 12.0 Å². The highest BCUT2D eigenvalue weighted by atomic mass is 35.5. The predicted molar refractivity (Wildman–Crippen MR) is 114 cm³/mol. The maximum absolute atomic E-state index is 13.0. The fourth-order valence-electron chi connectivity index (χ4n) is 4.85. The molecule has 0 bridgehead atoms. The molecule has 0 fully saturated rings. The van der Waals surface area contributed by atoms with Crippen LogP contribution in [0.4, 0.5) is 10.5 Å². The van der Waals surface area contributed by atoms with Gasteiger partial charge >= 0.3 is 6.03 Å². The molecule has 2 heterocycles. The van der Waals surface area contributed by atoms with Gasteiger partial charge in [-0.3, -0.25) is 0 Å². The zero-order valence-corrected chi connectivity index (χ0v) is 17.4. The van der Waals surface area contributed by atoms with Crippen LogP contribution in [0, 0.1) is 0 Å². The molecule has 0 radical (unpaired) electrons. The van der Waals surface area contributed by atoms with E-state index in [9.17, 15) is 9.90 Å². The second-order valence-corrected chi connectivity index (χ2v) is 8.49. The molecule has 0 aromatic heterocycles. The first-order valence-electron chi connectivity index (χ1n) is 10.1. The third-order valence-corrected chi connectivity index (χ3v) is 6.59. The van der Waals surface area contributed by atoms with Crippen LogP contribution in [-0.4, -0.2) is 41.9 Å². The number of nitrogens with zero attached hydrogens (tertiary/aromatic N) is 1. The Morgan fingerprint density at radius 3 is 2.87 bits per heavy atom. The number of carbonyl (C=O) groups is 1. The minimum Gasteiger partial charge on any atom is -0.493 e. The largest absolute Gasteiger partial charge is 0.493 e. The summed E-state index contributed by atoms with van der Waals surface area (Å²) in [6.45, 7) is 1.04. The van der Waals surface area contributed by atoms with Crippen LogP contribution in [0.1, 0.15) is 24.0 Å². The summed E-state index contributed by atoms with van der Waals surface area (Å²) in [5, 5.41) is 13.8. The molecule has 0 saturated heterocycles. The number of amides is 2. The molecule has 2 amide bonds. The molecule has 30 heavy (non-hydrogen) atoms. The lowest BCUT2D eigenvalue weighted by Crippen LogP contribution is -2.43. The first-order valence-corrected chi connectivity index (χ1v) is 10.4. The Labute approximate surface area is 180 Å². The molecule has 3 atom stereocenters. The van der Waals surface area contributed by atoms with Crippen molar-refractivity contribution >= 4 is 23.3 Å². The number of aliphatic hydroxyl groups is 1. The summed E-state index contributed by atoms with van der Waals surface area (Å²) in [4.78, 5) is 14.8. The summed E-state index contributed by atoms with van der Waals surface area (Å²) in [6, 6.07) is 10.8. The lowest BCUT2D eigenvalue weighted by atomic mass is 9.69. The zero-order valence-electron chi connectivity index (χ0n) is 16.6. The number of methoxy groups -OCH3 is 1. The number of aliphatic hydroxyl groups excluding tert-OH is 1. The maximum atomic E-state index is 13.0. The lowest BCUT2D eigenvalue weighted by molar-refractivity contribution is 0.0824. The topological polar surface area (TPSA) is 71.0 Å². The zero-order chi connectivity index (χ0) is 20.9. The van der Waals surface area contributed by atoms with Gasteiger partial charge < -0.3 is 24.8 Å². The molecular formula is C23H23ClN2O4. The first kappa shape index (κ1) is 19.3. The Balaban J connectivity index is 1.50. The van der Waals surface area contributed by atoms with Crippen LogP contribution >= 0.6 is 11.6 Å². The van der Waals surface area contributed by atoms with E-state index in [0.29, 0.717) is 42.4 Å². The van der Waals surface area contributed by atoms with Crippen LogP contribution in [0.25, 0.3) is 0 Å². The number of ether oxygens (including phenoxy) is 2. The number of hydrogen-bond donors (Lipinski definition) is 2. The second kappa shape index (κ2) is 7.22. The van der Waals surface area contributed by atoms with E-state index in [1.807, 2.05) is 23.1 Å². The van der Waals surface area contributed by atoms with Gasteiger partial charge in [0.1, 0.15) is 6.10 Å². The maximum Gasteiger partial charge on any atom is 0.322 e. The highest BCUT2D eigenvalue weighted by Gasteiger charge is 2.53. The molecule has 0 saturated carbocycles. The summed E-state index contributed by atoms with van der Waals surface area (Å²) in [5.74, 6) is 1.42. The van der Waals surface area contributed by atoms with E-state index < -0.39 is 6.10 Å². The third-order valence-electron chi connectivity index (χ3n) is 6.34. The van der Waals surface area contributed by atoms with Gasteiger partial charge in [0.05, 0.1) is 18.6 Å². The summed E-state index contributed by atoms with van der Waals surface area (Å²) >= 11 is 5.94. The quantitative estimate of drug-likeness (QED) is 0.709. The highest BCUT2D eigenvalue weighted by Crippen LogP contribution is 2.55. The van der Waals surface area contributed by atoms with Gasteiger partial charge in [0.15, 0.2) is 11.5 Å². The van der Waals surface area contributed by atoms with E-state index in [1.165, 1.54) is 0 Å². The third kappa shape index (κ3) is 3.02. The average molecular weight is 427 g/mol. The minimum atomic E-state index is -0.531. The Bertz CT molecular complexity index is 1020. The average Bonchev–Trinajstić information content (AvgIpc) is 2.97. The molecule has 7 heteroatoms. The van der Waals surface area contributed by atoms with E-state index in [2.05, 4.69) is 11.4 Å². The first-order chi connectivity index (χ1) is 14.5. The molecule has 2 aromatic rings.